The minimum absolute atomic E-state index is 0.482. The third kappa shape index (κ3) is 5.23. The van der Waals surface area contributed by atoms with Gasteiger partial charge in [0, 0.05) is 6.21 Å². The molecule has 0 unspecified atom stereocenters. The molecule has 0 N–H and O–H groups in total. The largest absolute Gasteiger partial charge is 0.490 e. The molecule has 0 fully saturated rings. The van der Waals surface area contributed by atoms with Crippen molar-refractivity contribution in [2.75, 3.05) is 6.61 Å². The zero-order valence-electron chi connectivity index (χ0n) is 16.4. The van der Waals surface area contributed by atoms with Gasteiger partial charge in [0.2, 0.25) is 0 Å². The van der Waals surface area contributed by atoms with Gasteiger partial charge in [-0.1, -0.05) is 48.0 Å². The van der Waals surface area contributed by atoms with E-state index in [0.29, 0.717) is 24.7 Å². The molecule has 4 heteroatoms. The fraction of sp³-hybridized carbons (Fsp3) is 0.208. The van der Waals surface area contributed by atoms with Gasteiger partial charge in [-0.25, -0.2) is 0 Å². The summed E-state index contributed by atoms with van der Waals surface area (Å²) >= 11 is 3.63. The normalized spacial score (nSPS) is 11.0. The summed E-state index contributed by atoms with van der Waals surface area (Å²) in [5, 5.41) is 0. The summed E-state index contributed by atoms with van der Waals surface area (Å²) in [7, 11) is 0. The maximum Gasteiger partial charge on any atom is 0.175 e. The van der Waals surface area contributed by atoms with Gasteiger partial charge in [-0.2, -0.15) is 0 Å². The lowest BCUT2D eigenvalue weighted by Crippen LogP contribution is -2.01. The van der Waals surface area contributed by atoms with Gasteiger partial charge in [0.25, 0.3) is 0 Å². The van der Waals surface area contributed by atoms with E-state index in [4.69, 9.17) is 9.47 Å². The molecule has 3 aromatic carbocycles. The van der Waals surface area contributed by atoms with Gasteiger partial charge in [-0.15, -0.1) is 0 Å². The van der Waals surface area contributed by atoms with Crippen LogP contribution in [0.1, 0.15) is 29.2 Å². The van der Waals surface area contributed by atoms with Crippen LogP contribution in [0.15, 0.2) is 70.1 Å². The Labute approximate surface area is 175 Å². The topological polar surface area (TPSA) is 30.8 Å². The second-order valence-corrected chi connectivity index (χ2v) is 7.44. The van der Waals surface area contributed by atoms with E-state index in [2.05, 4.69) is 65.1 Å². The van der Waals surface area contributed by atoms with Crippen LogP contribution in [0.25, 0.3) is 0 Å². The maximum absolute atomic E-state index is 6.07. The van der Waals surface area contributed by atoms with E-state index >= 15 is 0 Å². The van der Waals surface area contributed by atoms with Crippen LogP contribution < -0.4 is 9.47 Å². The molecule has 0 heterocycles. The summed E-state index contributed by atoms with van der Waals surface area (Å²) in [5.41, 5.74) is 5.39. The number of para-hydroxylation sites is 1. The third-order valence-corrected chi connectivity index (χ3v) is 4.89. The number of nitrogens with zero attached hydrogens (tertiary/aromatic N) is 1. The molecular formula is C24H24BrNO2. The van der Waals surface area contributed by atoms with Gasteiger partial charge in [0.1, 0.15) is 6.61 Å². The summed E-state index contributed by atoms with van der Waals surface area (Å²) in [6.07, 6.45) is 1.85. The molecule has 3 nitrogen and oxygen atoms in total. The molecule has 0 aliphatic rings. The number of halogens is 1. The molecule has 0 radical (unpaired) electrons. The van der Waals surface area contributed by atoms with E-state index in [1.807, 2.05) is 43.5 Å². The fourth-order valence-electron chi connectivity index (χ4n) is 2.76. The lowest BCUT2D eigenvalue weighted by molar-refractivity contribution is 0.267. The molecule has 3 aromatic rings. The molecule has 0 bridgehead atoms. The third-order valence-electron chi connectivity index (χ3n) is 4.30. The van der Waals surface area contributed by atoms with E-state index in [9.17, 15) is 0 Å². The van der Waals surface area contributed by atoms with E-state index in [0.717, 1.165) is 26.9 Å². The van der Waals surface area contributed by atoms with Crippen molar-refractivity contribution < 1.29 is 9.47 Å². The van der Waals surface area contributed by atoms with Gasteiger partial charge < -0.3 is 9.47 Å². The molecule has 144 valence electrons. The molecule has 3 rings (SSSR count). The first-order valence-electron chi connectivity index (χ1n) is 9.31. The van der Waals surface area contributed by atoms with Crippen LogP contribution >= 0.6 is 15.9 Å². The van der Waals surface area contributed by atoms with Gasteiger partial charge in [-0.05, 0) is 71.6 Å². The average molecular weight is 438 g/mol. The van der Waals surface area contributed by atoms with Crippen molar-refractivity contribution in [2.24, 2.45) is 4.99 Å². The van der Waals surface area contributed by atoms with E-state index in [-0.39, 0.29) is 0 Å². The highest BCUT2D eigenvalue weighted by Gasteiger charge is 2.12. The zero-order valence-corrected chi connectivity index (χ0v) is 18.0. The zero-order chi connectivity index (χ0) is 19.9. The summed E-state index contributed by atoms with van der Waals surface area (Å²) < 4.78 is 12.7. The summed E-state index contributed by atoms with van der Waals surface area (Å²) in [4.78, 5) is 4.61. The standard InChI is InChI=1S/C24H24BrNO2/c1-4-27-23-14-20(15-26-22-8-6-5-7-18(22)3)13-21(25)24(23)28-16-19-11-9-17(2)10-12-19/h5-15H,4,16H2,1-3H3. The van der Waals surface area contributed by atoms with Crippen LogP contribution in [0, 0.1) is 13.8 Å². The van der Waals surface area contributed by atoms with Crippen molar-refractivity contribution in [1.82, 2.24) is 0 Å². The SMILES string of the molecule is CCOc1cc(C=Nc2ccccc2C)cc(Br)c1OCc1ccc(C)cc1. The number of rotatable bonds is 7. The highest BCUT2D eigenvalue weighted by atomic mass is 79.9. The van der Waals surface area contributed by atoms with E-state index in [1.165, 1.54) is 5.56 Å². The lowest BCUT2D eigenvalue weighted by Gasteiger charge is -2.15. The smallest absolute Gasteiger partial charge is 0.175 e. The van der Waals surface area contributed by atoms with Crippen LogP contribution in [-0.2, 0) is 6.61 Å². The van der Waals surface area contributed by atoms with Crippen LogP contribution in [0.2, 0.25) is 0 Å². The lowest BCUT2D eigenvalue weighted by atomic mass is 10.1. The van der Waals surface area contributed by atoms with Crippen molar-refractivity contribution in [3.8, 4) is 11.5 Å². The van der Waals surface area contributed by atoms with Crippen molar-refractivity contribution in [3.63, 3.8) is 0 Å². The predicted molar refractivity (Wildman–Crippen MR) is 119 cm³/mol. The average Bonchev–Trinajstić information content (AvgIpc) is 2.68. The van der Waals surface area contributed by atoms with Crippen molar-refractivity contribution in [1.29, 1.82) is 0 Å². The Morgan fingerprint density at radius 3 is 2.43 bits per heavy atom. The molecular weight excluding hydrogens is 414 g/mol. The van der Waals surface area contributed by atoms with E-state index in [1.54, 1.807) is 0 Å². The van der Waals surface area contributed by atoms with Crippen LogP contribution in [0.4, 0.5) is 5.69 Å². The van der Waals surface area contributed by atoms with Crippen LogP contribution in [-0.4, -0.2) is 12.8 Å². The second-order valence-electron chi connectivity index (χ2n) is 6.58. The van der Waals surface area contributed by atoms with Gasteiger partial charge in [0.05, 0.1) is 16.8 Å². The highest BCUT2D eigenvalue weighted by molar-refractivity contribution is 9.10. The van der Waals surface area contributed by atoms with Gasteiger partial charge in [0.15, 0.2) is 11.5 Å². The monoisotopic (exact) mass is 437 g/mol. The summed E-state index contributed by atoms with van der Waals surface area (Å²) in [5.74, 6) is 1.41. The van der Waals surface area contributed by atoms with E-state index < -0.39 is 0 Å². The Morgan fingerprint density at radius 2 is 1.71 bits per heavy atom. The first-order chi connectivity index (χ1) is 13.6. The number of hydrogen-bond donors (Lipinski definition) is 0. The Morgan fingerprint density at radius 1 is 0.964 bits per heavy atom. The molecule has 0 aliphatic carbocycles. The first kappa shape index (κ1) is 20.2. The molecule has 0 spiro atoms. The molecule has 0 amide bonds. The first-order valence-corrected chi connectivity index (χ1v) is 10.1. The number of aliphatic imine (C=N–C) groups is 1. The number of ether oxygens (including phenoxy) is 2. The summed E-state index contributed by atoms with van der Waals surface area (Å²) in [6.45, 7) is 7.13. The Hall–Kier alpha value is -2.59. The second kappa shape index (κ2) is 9.56. The molecule has 0 saturated heterocycles. The quantitative estimate of drug-likeness (QED) is 0.380. The Bertz CT molecular complexity index is 965. The maximum atomic E-state index is 6.07. The van der Waals surface area contributed by atoms with Gasteiger partial charge >= 0.3 is 0 Å². The Kier molecular flexibility index (Phi) is 6.88. The van der Waals surface area contributed by atoms with Gasteiger partial charge in [-0.3, -0.25) is 4.99 Å². The highest BCUT2D eigenvalue weighted by Crippen LogP contribution is 2.37. The van der Waals surface area contributed by atoms with Crippen molar-refractivity contribution in [3.05, 3.63) is 87.4 Å². The molecule has 0 aliphatic heterocycles. The Balaban J connectivity index is 1.83. The molecule has 0 saturated carbocycles. The minimum Gasteiger partial charge on any atom is -0.490 e. The summed E-state index contributed by atoms with van der Waals surface area (Å²) in [6, 6.07) is 20.3. The van der Waals surface area contributed by atoms with Crippen LogP contribution in [0.5, 0.6) is 11.5 Å². The minimum atomic E-state index is 0.482. The molecule has 28 heavy (non-hydrogen) atoms. The fourth-order valence-corrected chi connectivity index (χ4v) is 3.33. The van der Waals surface area contributed by atoms with Crippen molar-refractivity contribution >= 4 is 27.8 Å². The number of hydrogen-bond acceptors (Lipinski definition) is 3. The molecule has 0 aromatic heterocycles. The number of aryl methyl sites for hydroxylation is 2. The predicted octanol–water partition coefficient (Wildman–Crippen LogP) is 6.79. The number of benzene rings is 3. The molecule has 0 atom stereocenters. The van der Waals surface area contributed by atoms with Crippen molar-refractivity contribution in [2.45, 2.75) is 27.4 Å². The van der Waals surface area contributed by atoms with Crippen LogP contribution in [0.3, 0.4) is 0 Å².